The van der Waals surface area contributed by atoms with Crippen LogP contribution in [0.2, 0.25) is 0 Å². The van der Waals surface area contributed by atoms with Crippen molar-refractivity contribution < 1.29 is 9.90 Å². The lowest BCUT2D eigenvalue weighted by molar-refractivity contribution is -0.145. The van der Waals surface area contributed by atoms with E-state index in [1.807, 2.05) is 0 Å². The highest BCUT2D eigenvalue weighted by atomic mass is 35.5. The quantitative estimate of drug-likeness (QED) is 0.600. The molecule has 0 amide bonds. The Balaban J connectivity index is 2.32. The van der Waals surface area contributed by atoms with Crippen molar-refractivity contribution in [3.8, 4) is 0 Å². The molecule has 0 aromatic rings. The predicted octanol–water partition coefficient (Wildman–Crippen LogP) is 0.806. The molecule has 12 heavy (non-hydrogen) atoms. The Kier molecular flexibility index (Phi) is 1.64. The van der Waals surface area contributed by atoms with Crippen molar-refractivity contribution in [2.45, 2.75) is 30.2 Å². The van der Waals surface area contributed by atoms with Gasteiger partial charge in [0.25, 0.3) is 0 Å². The third kappa shape index (κ3) is 0.783. The standard InChI is InChI=1S/C8H12ClNO2/c9-6-4-1-2-5(3-4)8(6,10)7(11)12/h4-6H,1-3,10H2,(H,11,12)/t4-,5-,6-,8+/m0/s1. The Morgan fingerprint density at radius 3 is 2.58 bits per heavy atom. The number of carboxylic acid groups (broad SMARTS) is 1. The van der Waals surface area contributed by atoms with Crippen molar-refractivity contribution in [2.75, 3.05) is 0 Å². The van der Waals surface area contributed by atoms with Gasteiger partial charge in [0.15, 0.2) is 0 Å². The Hall–Kier alpha value is -0.280. The summed E-state index contributed by atoms with van der Waals surface area (Å²) in [5.74, 6) is -0.505. The first-order valence-electron chi connectivity index (χ1n) is 4.23. The number of hydrogen-bond donors (Lipinski definition) is 2. The maximum Gasteiger partial charge on any atom is 0.325 e. The van der Waals surface area contributed by atoms with Crippen molar-refractivity contribution in [2.24, 2.45) is 17.6 Å². The largest absolute Gasteiger partial charge is 0.480 e. The normalized spacial score (nSPS) is 51.3. The summed E-state index contributed by atoms with van der Waals surface area (Å²) in [6, 6.07) is 0. The minimum absolute atomic E-state index is 0.0995. The molecule has 0 aromatic heterocycles. The highest BCUT2D eigenvalue weighted by Crippen LogP contribution is 2.52. The Morgan fingerprint density at radius 1 is 1.58 bits per heavy atom. The van der Waals surface area contributed by atoms with Gasteiger partial charge in [-0.3, -0.25) is 4.79 Å². The van der Waals surface area contributed by atoms with Gasteiger partial charge in [-0.1, -0.05) is 0 Å². The molecule has 2 bridgehead atoms. The number of alkyl halides is 1. The average molecular weight is 190 g/mol. The van der Waals surface area contributed by atoms with Gasteiger partial charge in [-0.15, -0.1) is 11.6 Å². The smallest absolute Gasteiger partial charge is 0.325 e. The third-order valence-corrected chi connectivity index (χ3v) is 4.11. The third-order valence-electron chi connectivity index (χ3n) is 3.39. The van der Waals surface area contributed by atoms with E-state index in [1.54, 1.807) is 0 Å². The van der Waals surface area contributed by atoms with E-state index in [2.05, 4.69) is 0 Å². The van der Waals surface area contributed by atoms with Gasteiger partial charge in [0.05, 0.1) is 5.38 Å². The molecule has 0 heterocycles. The topological polar surface area (TPSA) is 63.3 Å². The van der Waals surface area contributed by atoms with Gasteiger partial charge in [-0.05, 0) is 31.1 Å². The zero-order valence-electron chi connectivity index (χ0n) is 6.66. The molecular formula is C8H12ClNO2. The van der Waals surface area contributed by atoms with E-state index >= 15 is 0 Å². The second-order valence-electron chi connectivity index (χ2n) is 3.91. The lowest BCUT2D eigenvalue weighted by Gasteiger charge is -2.33. The first-order valence-corrected chi connectivity index (χ1v) is 4.66. The molecule has 0 radical (unpaired) electrons. The van der Waals surface area contributed by atoms with Crippen LogP contribution in [0.15, 0.2) is 0 Å². The molecule has 68 valence electrons. The average Bonchev–Trinajstić information content (AvgIpc) is 2.55. The number of aliphatic carboxylic acids is 1. The molecule has 4 heteroatoms. The molecule has 2 fully saturated rings. The van der Waals surface area contributed by atoms with Gasteiger partial charge in [-0.2, -0.15) is 0 Å². The van der Waals surface area contributed by atoms with Crippen LogP contribution in [0.4, 0.5) is 0 Å². The number of nitrogens with two attached hydrogens (primary N) is 1. The molecule has 0 spiro atoms. The Bertz CT molecular complexity index is 229. The summed E-state index contributed by atoms with van der Waals surface area (Å²) in [4.78, 5) is 10.9. The van der Waals surface area contributed by atoms with Crippen LogP contribution in [0.5, 0.6) is 0 Å². The number of carbonyl (C=O) groups is 1. The number of fused-ring (bicyclic) bond motifs is 2. The fourth-order valence-electron chi connectivity index (χ4n) is 2.62. The summed E-state index contributed by atoms with van der Waals surface area (Å²) < 4.78 is 0. The van der Waals surface area contributed by atoms with E-state index in [0.717, 1.165) is 19.3 Å². The molecular weight excluding hydrogens is 178 g/mol. The second-order valence-corrected chi connectivity index (χ2v) is 4.38. The van der Waals surface area contributed by atoms with E-state index in [9.17, 15) is 4.79 Å². The van der Waals surface area contributed by atoms with E-state index < -0.39 is 11.5 Å². The molecule has 2 aliphatic carbocycles. The lowest BCUT2D eigenvalue weighted by Crippen LogP contribution is -2.58. The predicted molar refractivity (Wildman–Crippen MR) is 45.0 cm³/mol. The van der Waals surface area contributed by atoms with Crippen LogP contribution in [0.1, 0.15) is 19.3 Å². The summed E-state index contributed by atoms with van der Waals surface area (Å²) in [5.41, 5.74) is 4.65. The van der Waals surface area contributed by atoms with Gasteiger partial charge in [-0.25, -0.2) is 0 Å². The van der Waals surface area contributed by atoms with Crippen LogP contribution in [-0.2, 0) is 4.79 Å². The maximum absolute atomic E-state index is 10.9. The summed E-state index contributed by atoms with van der Waals surface area (Å²) in [6.45, 7) is 0. The number of halogens is 1. The SMILES string of the molecule is N[C@]1(C(=O)O)[C@H]2CC[C@@H](C2)[C@@H]1Cl. The maximum atomic E-state index is 10.9. The van der Waals surface area contributed by atoms with Gasteiger partial charge in [0.2, 0.25) is 0 Å². The molecule has 3 N–H and O–H groups in total. The lowest BCUT2D eigenvalue weighted by atomic mass is 9.81. The van der Waals surface area contributed by atoms with Crippen LogP contribution in [0.3, 0.4) is 0 Å². The first kappa shape index (κ1) is 8.32. The van der Waals surface area contributed by atoms with Crippen molar-refractivity contribution in [3.05, 3.63) is 0 Å². The number of hydrogen-bond acceptors (Lipinski definition) is 2. The van der Waals surface area contributed by atoms with Crippen molar-refractivity contribution in [1.82, 2.24) is 0 Å². The van der Waals surface area contributed by atoms with Gasteiger partial charge in [0, 0.05) is 0 Å². The summed E-state index contributed by atoms with van der Waals surface area (Å²) in [6.07, 6.45) is 2.87. The molecule has 0 aliphatic heterocycles. The van der Waals surface area contributed by atoms with Crippen molar-refractivity contribution >= 4 is 17.6 Å². The van der Waals surface area contributed by atoms with Gasteiger partial charge < -0.3 is 10.8 Å². The Morgan fingerprint density at radius 2 is 2.25 bits per heavy atom. The molecule has 2 rings (SSSR count). The molecule has 4 atom stereocenters. The van der Waals surface area contributed by atoms with Gasteiger partial charge in [0.1, 0.15) is 5.54 Å². The highest BCUT2D eigenvalue weighted by Gasteiger charge is 2.60. The summed E-state index contributed by atoms with van der Waals surface area (Å²) >= 11 is 6.01. The minimum atomic E-state index is -1.15. The molecule has 0 aromatic carbocycles. The monoisotopic (exact) mass is 189 g/mol. The number of carboxylic acids is 1. The molecule has 2 aliphatic rings. The van der Waals surface area contributed by atoms with Crippen molar-refractivity contribution in [3.63, 3.8) is 0 Å². The van der Waals surface area contributed by atoms with Crippen molar-refractivity contribution in [1.29, 1.82) is 0 Å². The zero-order chi connectivity index (χ0) is 8.93. The van der Waals surface area contributed by atoms with Crippen LogP contribution in [0.25, 0.3) is 0 Å². The van der Waals surface area contributed by atoms with Crippen LogP contribution >= 0.6 is 11.6 Å². The van der Waals surface area contributed by atoms with Gasteiger partial charge >= 0.3 is 5.97 Å². The molecule has 3 nitrogen and oxygen atoms in total. The fraction of sp³-hybridized carbons (Fsp3) is 0.875. The van der Waals surface area contributed by atoms with E-state index in [1.165, 1.54) is 0 Å². The van der Waals surface area contributed by atoms with E-state index in [0.29, 0.717) is 5.92 Å². The second kappa shape index (κ2) is 2.36. The van der Waals surface area contributed by atoms with Crippen LogP contribution in [0, 0.1) is 11.8 Å². The molecule has 0 saturated heterocycles. The summed E-state index contributed by atoms with van der Waals surface area (Å²) in [7, 11) is 0. The molecule has 2 saturated carbocycles. The Labute approximate surface area is 75.9 Å². The first-order chi connectivity index (χ1) is 5.56. The molecule has 0 unspecified atom stereocenters. The van der Waals surface area contributed by atoms with E-state index in [-0.39, 0.29) is 11.3 Å². The fourth-order valence-corrected chi connectivity index (χ4v) is 3.12. The minimum Gasteiger partial charge on any atom is -0.480 e. The summed E-state index contributed by atoms with van der Waals surface area (Å²) in [5, 5.41) is 8.59. The zero-order valence-corrected chi connectivity index (χ0v) is 7.42. The number of rotatable bonds is 1. The van der Waals surface area contributed by atoms with E-state index in [4.69, 9.17) is 22.4 Å². The van der Waals surface area contributed by atoms with Crippen LogP contribution in [-0.4, -0.2) is 22.0 Å². The van der Waals surface area contributed by atoms with Crippen LogP contribution < -0.4 is 5.73 Å². The highest BCUT2D eigenvalue weighted by molar-refractivity contribution is 6.24.